The standard InChI is InChI=1S/C18H21NO6/c1-18(10-24-16(25-11-18)14-5-4-8-23-14)17(20)19-12-6-7-13(21-2)15(9-12)22-3/h4-9,16H,10-11H2,1-3H3,(H,19,20). The van der Waals surface area contributed by atoms with E-state index in [4.69, 9.17) is 23.4 Å². The molecular formula is C18H21NO6. The van der Waals surface area contributed by atoms with E-state index in [1.807, 2.05) is 0 Å². The molecule has 134 valence electrons. The van der Waals surface area contributed by atoms with Gasteiger partial charge >= 0.3 is 0 Å². The van der Waals surface area contributed by atoms with Crippen molar-refractivity contribution in [3.63, 3.8) is 0 Å². The van der Waals surface area contributed by atoms with Gasteiger partial charge in [-0.05, 0) is 31.2 Å². The Kier molecular flexibility index (Phi) is 4.96. The lowest BCUT2D eigenvalue weighted by atomic mass is 9.90. The molecule has 7 nitrogen and oxygen atoms in total. The van der Waals surface area contributed by atoms with Crippen LogP contribution in [0.15, 0.2) is 41.0 Å². The zero-order valence-corrected chi connectivity index (χ0v) is 14.4. The maximum Gasteiger partial charge on any atom is 0.235 e. The molecule has 0 atom stereocenters. The molecular weight excluding hydrogens is 326 g/mol. The summed E-state index contributed by atoms with van der Waals surface area (Å²) in [5.41, 5.74) is -0.201. The first-order valence-corrected chi connectivity index (χ1v) is 7.86. The van der Waals surface area contributed by atoms with Gasteiger partial charge in [0.05, 0.1) is 39.1 Å². The van der Waals surface area contributed by atoms with Crippen molar-refractivity contribution >= 4 is 11.6 Å². The van der Waals surface area contributed by atoms with Gasteiger partial charge in [-0.1, -0.05) is 0 Å². The highest BCUT2D eigenvalue weighted by Gasteiger charge is 2.40. The van der Waals surface area contributed by atoms with Crippen LogP contribution < -0.4 is 14.8 Å². The molecule has 1 aliphatic heterocycles. The number of benzene rings is 1. The van der Waals surface area contributed by atoms with Crippen molar-refractivity contribution in [2.75, 3.05) is 32.8 Å². The minimum atomic E-state index is -0.809. The minimum Gasteiger partial charge on any atom is -0.493 e. The van der Waals surface area contributed by atoms with Gasteiger partial charge in [-0.2, -0.15) is 0 Å². The third-order valence-corrected chi connectivity index (χ3v) is 4.07. The summed E-state index contributed by atoms with van der Waals surface area (Å²) in [5, 5.41) is 2.87. The predicted octanol–water partition coefficient (Wildman–Crippen LogP) is 2.99. The Bertz CT molecular complexity index is 719. The quantitative estimate of drug-likeness (QED) is 0.896. The average Bonchev–Trinajstić information content (AvgIpc) is 3.16. The molecule has 0 aliphatic carbocycles. The van der Waals surface area contributed by atoms with Crippen LogP contribution >= 0.6 is 0 Å². The number of nitrogens with one attached hydrogen (secondary N) is 1. The summed E-state index contributed by atoms with van der Waals surface area (Å²) in [5.74, 6) is 1.52. The second-order valence-electron chi connectivity index (χ2n) is 6.05. The number of furan rings is 1. The van der Waals surface area contributed by atoms with Crippen LogP contribution in [0.2, 0.25) is 0 Å². The second kappa shape index (κ2) is 7.16. The Hall–Kier alpha value is -2.51. The molecule has 2 heterocycles. The summed E-state index contributed by atoms with van der Waals surface area (Å²) in [6.07, 6.45) is 0.969. The number of hydrogen-bond donors (Lipinski definition) is 1. The summed E-state index contributed by atoms with van der Waals surface area (Å²) >= 11 is 0. The fourth-order valence-corrected chi connectivity index (χ4v) is 2.53. The summed E-state index contributed by atoms with van der Waals surface area (Å²) in [4.78, 5) is 12.7. The molecule has 1 aromatic carbocycles. The molecule has 1 aromatic heterocycles. The van der Waals surface area contributed by atoms with Gasteiger partial charge in [0.25, 0.3) is 0 Å². The molecule has 25 heavy (non-hydrogen) atoms. The SMILES string of the molecule is COc1ccc(NC(=O)C2(C)COC(c3ccco3)OC2)cc1OC. The topological polar surface area (TPSA) is 79.2 Å². The number of anilines is 1. The highest BCUT2D eigenvalue weighted by atomic mass is 16.7. The number of ether oxygens (including phenoxy) is 4. The lowest BCUT2D eigenvalue weighted by Gasteiger charge is -2.35. The molecule has 1 saturated heterocycles. The van der Waals surface area contributed by atoms with E-state index < -0.39 is 11.7 Å². The number of methoxy groups -OCH3 is 2. The Balaban J connectivity index is 1.65. The summed E-state index contributed by atoms with van der Waals surface area (Å²) in [7, 11) is 3.10. The lowest BCUT2D eigenvalue weighted by molar-refractivity contribution is -0.232. The van der Waals surface area contributed by atoms with E-state index in [0.717, 1.165) is 0 Å². The van der Waals surface area contributed by atoms with Crippen LogP contribution in [0.3, 0.4) is 0 Å². The number of carbonyl (C=O) groups excluding carboxylic acids is 1. The van der Waals surface area contributed by atoms with Crippen LogP contribution in [-0.2, 0) is 14.3 Å². The third-order valence-electron chi connectivity index (χ3n) is 4.07. The van der Waals surface area contributed by atoms with Crippen LogP contribution in [-0.4, -0.2) is 33.3 Å². The molecule has 1 fully saturated rings. The molecule has 3 rings (SSSR count). The maximum absolute atomic E-state index is 12.7. The van der Waals surface area contributed by atoms with E-state index in [0.29, 0.717) is 22.9 Å². The van der Waals surface area contributed by atoms with Gasteiger partial charge in [-0.25, -0.2) is 0 Å². The van der Waals surface area contributed by atoms with Crippen LogP contribution in [0, 0.1) is 5.41 Å². The van der Waals surface area contributed by atoms with E-state index in [-0.39, 0.29) is 19.1 Å². The van der Waals surface area contributed by atoms with Gasteiger partial charge in [-0.3, -0.25) is 4.79 Å². The molecule has 1 amide bonds. The van der Waals surface area contributed by atoms with E-state index in [1.54, 1.807) is 57.7 Å². The van der Waals surface area contributed by atoms with Gasteiger partial charge in [0.1, 0.15) is 0 Å². The van der Waals surface area contributed by atoms with Crippen LogP contribution in [0.4, 0.5) is 5.69 Å². The highest BCUT2D eigenvalue weighted by molar-refractivity contribution is 5.95. The monoisotopic (exact) mass is 347 g/mol. The first-order valence-electron chi connectivity index (χ1n) is 7.86. The van der Waals surface area contributed by atoms with Crippen molar-refractivity contribution in [1.29, 1.82) is 0 Å². The molecule has 2 aromatic rings. The lowest BCUT2D eigenvalue weighted by Crippen LogP contribution is -2.45. The summed E-state index contributed by atoms with van der Waals surface area (Å²) in [6, 6.07) is 8.73. The smallest absolute Gasteiger partial charge is 0.235 e. The third kappa shape index (κ3) is 3.62. The molecule has 1 aliphatic rings. The molecule has 0 saturated carbocycles. The normalized spacial score (nSPS) is 23.1. The zero-order valence-electron chi connectivity index (χ0n) is 14.4. The molecule has 1 N–H and O–H groups in total. The Morgan fingerprint density at radius 3 is 2.48 bits per heavy atom. The van der Waals surface area contributed by atoms with Crippen molar-refractivity contribution in [3.8, 4) is 11.5 Å². The highest BCUT2D eigenvalue weighted by Crippen LogP contribution is 2.34. The second-order valence-corrected chi connectivity index (χ2v) is 6.05. The number of carbonyl (C=O) groups is 1. The molecule has 0 bridgehead atoms. The molecule has 7 heteroatoms. The van der Waals surface area contributed by atoms with Crippen molar-refractivity contribution in [1.82, 2.24) is 0 Å². The van der Waals surface area contributed by atoms with E-state index in [1.165, 1.54) is 0 Å². The van der Waals surface area contributed by atoms with E-state index >= 15 is 0 Å². The largest absolute Gasteiger partial charge is 0.493 e. The molecule has 0 radical (unpaired) electrons. The fraction of sp³-hybridized carbons (Fsp3) is 0.389. The Morgan fingerprint density at radius 1 is 1.16 bits per heavy atom. The van der Waals surface area contributed by atoms with Gasteiger partial charge in [0.15, 0.2) is 17.3 Å². The average molecular weight is 347 g/mol. The molecule has 0 spiro atoms. The fourth-order valence-electron chi connectivity index (χ4n) is 2.53. The van der Waals surface area contributed by atoms with E-state index in [9.17, 15) is 4.79 Å². The number of rotatable bonds is 5. The number of amides is 1. The first kappa shape index (κ1) is 17.3. The molecule has 0 unspecified atom stereocenters. The zero-order chi connectivity index (χ0) is 17.9. The Morgan fingerprint density at radius 2 is 1.88 bits per heavy atom. The number of hydrogen-bond acceptors (Lipinski definition) is 6. The van der Waals surface area contributed by atoms with Crippen LogP contribution in [0.25, 0.3) is 0 Å². The minimum absolute atomic E-state index is 0.197. The summed E-state index contributed by atoms with van der Waals surface area (Å²) in [6.45, 7) is 2.23. The first-order chi connectivity index (χ1) is 12.1. The Labute approximate surface area is 145 Å². The van der Waals surface area contributed by atoms with Crippen LogP contribution in [0.5, 0.6) is 11.5 Å². The van der Waals surface area contributed by atoms with Crippen LogP contribution in [0.1, 0.15) is 19.0 Å². The van der Waals surface area contributed by atoms with Gasteiger partial charge in [-0.15, -0.1) is 0 Å². The van der Waals surface area contributed by atoms with Crippen molar-refractivity contribution < 1.29 is 28.2 Å². The summed E-state index contributed by atoms with van der Waals surface area (Å²) < 4.78 is 27.0. The van der Waals surface area contributed by atoms with Gasteiger partial charge < -0.3 is 28.7 Å². The van der Waals surface area contributed by atoms with Gasteiger partial charge in [0.2, 0.25) is 12.2 Å². The van der Waals surface area contributed by atoms with Crippen molar-refractivity contribution in [3.05, 3.63) is 42.4 Å². The maximum atomic E-state index is 12.7. The van der Waals surface area contributed by atoms with Crippen molar-refractivity contribution in [2.24, 2.45) is 5.41 Å². The van der Waals surface area contributed by atoms with Crippen molar-refractivity contribution in [2.45, 2.75) is 13.2 Å². The predicted molar refractivity (Wildman–Crippen MR) is 89.6 cm³/mol. The van der Waals surface area contributed by atoms with E-state index in [2.05, 4.69) is 5.32 Å². The van der Waals surface area contributed by atoms with Gasteiger partial charge in [0, 0.05) is 11.8 Å².